The number of aromatic nitrogens is 3. The summed E-state index contributed by atoms with van der Waals surface area (Å²) < 4.78 is 11.9. The quantitative estimate of drug-likeness (QED) is 0.180. The lowest BCUT2D eigenvalue weighted by atomic mass is 9.79. The summed E-state index contributed by atoms with van der Waals surface area (Å²) >= 11 is 3.64. The van der Waals surface area contributed by atoms with Crippen molar-refractivity contribution in [3.05, 3.63) is 175 Å². The van der Waals surface area contributed by atoms with Crippen LogP contribution in [0.3, 0.4) is 0 Å². The summed E-state index contributed by atoms with van der Waals surface area (Å²) in [6.07, 6.45) is 15.2. The Labute approximate surface area is 323 Å². The van der Waals surface area contributed by atoms with Gasteiger partial charge in [-0.3, -0.25) is 0 Å². The molecule has 55 heavy (non-hydrogen) atoms. The first-order valence-electron chi connectivity index (χ1n) is 18.5. The van der Waals surface area contributed by atoms with Gasteiger partial charge in [0.05, 0.1) is 0 Å². The van der Waals surface area contributed by atoms with Gasteiger partial charge in [0.2, 0.25) is 0 Å². The van der Waals surface area contributed by atoms with Crippen molar-refractivity contribution in [1.82, 2.24) is 15.0 Å². The second kappa shape index (κ2) is 12.0. The highest BCUT2D eigenvalue weighted by Crippen LogP contribution is 2.46. The van der Waals surface area contributed by atoms with Gasteiger partial charge in [-0.15, -0.1) is 22.7 Å². The Balaban J connectivity index is 1.11. The van der Waals surface area contributed by atoms with Gasteiger partial charge in [-0.05, 0) is 53.6 Å². The molecule has 4 nitrogen and oxygen atoms in total. The second-order valence-electron chi connectivity index (χ2n) is 14.2. The maximum Gasteiger partial charge on any atom is 0.164 e. The Hall–Kier alpha value is -6.47. The minimum atomic E-state index is -0.0462. The molecule has 10 aromatic rings. The number of nitrogens with zero attached hydrogens (tertiary/aromatic N) is 3. The molecule has 2 aliphatic rings. The Kier molecular flexibility index (Phi) is 6.76. The predicted molar refractivity (Wildman–Crippen MR) is 231 cm³/mol. The molecule has 0 radical (unpaired) electrons. The number of furan rings is 1. The summed E-state index contributed by atoms with van der Waals surface area (Å²) in [7, 11) is 0. The molecule has 4 heterocycles. The highest BCUT2D eigenvalue weighted by atomic mass is 32.1. The predicted octanol–water partition coefficient (Wildman–Crippen LogP) is 13.8. The van der Waals surface area contributed by atoms with Crippen molar-refractivity contribution in [3.63, 3.8) is 0 Å². The number of rotatable bonds is 4. The van der Waals surface area contributed by atoms with Crippen molar-refractivity contribution in [2.24, 2.45) is 5.92 Å². The van der Waals surface area contributed by atoms with E-state index in [1.165, 1.54) is 45.9 Å². The van der Waals surface area contributed by atoms with Gasteiger partial charge in [0.25, 0.3) is 0 Å². The number of thiophene rings is 2. The molecule has 4 aromatic heterocycles. The molecule has 0 aliphatic heterocycles. The van der Waals surface area contributed by atoms with Crippen LogP contribution >= 0.6 is 22.7 Å². The molecule has 2 unspecified atom stereocenters. The smallest absolute Gasteiger partial charge is 0.164 e. The summed E-state index contributed by atoms with van der Waals surface area (Å²) in [5.74, 6) is 2.15. The minimum Gasteiger partial charge on any atom is -0.455 e. The Morgan fingerprint density at radius 1 is 0.491 bits per heavy atom. The maximum atomic E-state index is 6.85. The molecular weight excluding hydrogens is 711 g/mol. The van der Waals surface area contributed by atoms with Crippen LogP contribution in [0.15, 0.2) is 174 Å². The van der Waals surface area contributed by atoms with Gasteiger partial charge in [-0.1, -0.05) is 121 Å². The summed E-state index contributed by atoms with van der Waals surface area (Å²) in [6.45, 7) is 0. The molecule has 6 aromatic carbocycles. The van der Waals surface area contributed by atoms with E-state index in [1.807, 2.05) is 17.4 Å². The third kappa shape index (κ3) is 4.78. The lowest BCUT2D eigenvalue weighted by Crippen LogP contribution is -2.18. The van der Waals surface area contributed by atoms with Gasteiger partial charge in [0.1, 0.15) is 17.0 Å². The fraction of sp³-hybridized carbons (Fsp3) is 0.0408. The molecule has 2 aliphatic carbocycles. The van der Waals surface area contributed by atoms with E-state index in [0.29, 0.717) is 11.6 Å². The minimum absolute atomic E-state index is 0.0462. The monoisotopic (exact) mass is 739 g/mol. The fourth-order valence-electron chi connectivity index (χ4n) is 8.60. The zero-order valence-corrected chi connectivity index (χ0v) is 30.9. The van der Waals surface area contributed by atoms with Crippen LogP contribution in [-0.2, 0) is 0 Å². The van der Waals surface area contributed by atoms with E-state index in [-0.39, 0.29) is 11.8 Å². The summed E-state index contributed by atoms with van der Waals surface area (Å²) in [6, 6.07) is 43.2. The van der Waals surface area contributed by atoms with E-state index < -0.39 is 0 Å². The summed E-state index contributed by atoms with van der Waals surface area (Å²) in [4.78, 5) is 16.0. The topological polar surface area (TPSA) is 51.8 Å². The Bertz CT molecular complexity index is 3360. The molecule has 12 rings (SSSR count). The van der Waals surface area contributed by atoms with E-state index >= 15 is 0 Å². The molecule has 0 N–H and O–H groups in total. The molecule has 0 saturated carbocycles. The van der Waals surface area contributed by atoms with Gasteiger partial charge >= 0.3 is 0 Å². The number of fused-ring (bicyclic) bond motifs is 10. The molecule has 0 bridgehead atoms. The molecule has 0 amide bonds. The SMILES string of the molecule is C1=CC2=CC=CC(c3nc(-c4ccc5c(c4)sc4ccccc45)nc(-c4ccc(-c5cccc6sc7ccccc7c56)c5oc6ccccc6c45)n3)C2C=C1. The number of benzene rings is 6. The normalized spacial score (nSPS) is 16.6. The number of allylic oxidation sites excluding steroid dienone is 8. The van der Waals surface area contributed by atoms with Crippen LogP contribution in [0.2, 0.25) is 0 Å². The maximum absolute atomic E-state index is 6.85. The third-order valence-corrected chi connectivity index (χ3v) is 13.4. The van der Waals surface area contributed by atoms with Crippen LogP contribution in [0, 0.1) is 5.92 Å². The lowest BCUT2D eigenvalue weighted by molar-refractivity contribution is 0.629. The molecule has 0 saturated heterocycles. The third-order valence-electron chi connectivity index (χ3n) is 11.1. The lowest BCUT2D eigenvalue weighted by Gasteiger charge is -2.26. The molecule has 2 atom stereocenters. The second-order valence-corrected chi connectivity index (χ2v) is 16.4. The van der Waals surface area contributed by atoms with E-state index in [1.54, 1.807) is 11.3 Å². The van der Waals surface area contributed by atoms with Gasteiger partial charge in [0.15, 0.2) is 11.6 Å². The van der Waals surface area contributed by atoms with Gasteiger partial charge in [-0.2, -0.15) is 0 Å². The molecule has 6 heteroatoms. The van der Waals surface area contributed by atoms with Gasteiger partial charge in [0, 0.05) is 79.6 Å². The van der Waals surface area contributed by atoms with Crippen molar-refractivity contribution in [1.29, 1.82) is 0 Å². The highest BCUT2D eigenvalue weighted by molar-refractivity contribution is 7.26. The van der Waals surface area contributed by atoms with Crippen molar-refractivity contribution in [3.8, 4) is 33.9 Å². The molecular formula is C49H29N3OS2. The van der Waals surface area contributed by atoms with Crippen LogP contribution in [0.1, 0.15) is 11.7 Å². The number of hydrogen-bond donors (Lipinski definition) is 0. The Morgan fingerprint density at radius 2 is 1.22 bits per heavy atom. The first-order valence-corrected chi connectivity index (χ1v) is 20.1. The standard InChI is InChI=1S/C49H29N3OS2/c1-2-13-30-28(11-1)12-9-18-35(30)48-50-47(29-23-24-32-31-14-4-7-20-40(31)55-43(32)27-29)51-49(52-48)38-26-25-34(46-45(38)36-15-3-6-19-39(36)53-46)33-17-10-22-42-44(33)37-16-5-8-21-41(37)54-42/h1-27,30,35H. The van der Waals surface area contributed by atoms with E-state index in [9.17, 15) is 0 Å². The van der Waals surface area contributed by atoms with E-state index in [0.717, 1.165) is 50.0 Å². The van der Waals surface area contributed by atoms with E-state index in [4.69, 9.17) is 19.4 Å². The summed E-state index contributed by atoms with van der Waals surface area (Å²) in [5.41, 5.74) is 7.03. The van der Waals surface area contributed by atoms with Crippen molar-refractivity contribution in [2.45, 2.75) is 5.92 Å². The fourth-order valence-corrected chi connectivity index (χ4v) is 10.9. The van der Waals surface area contributed by atoms with E-state index in [2.05, 4.69) is 158 Å². The molecule has 0 fully saturated rings. The zero-order chi connectivity index (χ0) is 36.0. The first kappa shape index (κ1) is 30.9. The average Bonchev–Trinajstić information content (AvgIpc) is 3.94. The van der Waals surface area contributed by atoms with Crippen molar-refractivity contribution >= 4 is 85.0 Å². The van der Waals surface area contributed by atoms with Gasteiger partial charge < -0.3 is 4.42 Å². The zero-order valence-electron chi connectivity index (χ0n) is 29.3. The number of hydrogen-bond acceptors (Lipinski definition) is 6. The first-order chi connectivity index (χ1) is 27.2. The number of para-hydroxylation sites is 1. The van der Waals surface area contributed by atoms with Gasteiger partial charge in [-0.25, -0.2) is 15.0 Å². The average molecular weight is 740 g/mol. The van der Waals surface area contributed by atoms with Crippen LogP contribution < -0.4 is 0 Å². The molecule has 258 valence electrons. The van der Waals surface area contributed by atoms with Crippen LogP contribution in [0.4, 0.5) is 0 Å². The molecule has 0 spiro atoms. The Morgan fingerprint density at radius 3 is 2.15 bits per heavy atom. The van der Waals surface area contributed by atoms with Crippen LogP contribution in [0.25, 0.3) is 96.2 Å². The van der Waals surface area contributed by atoms with Crippen LogP contribution in [0.5, 0.6) is 0 Å². The van der Waals surface area contributed by atoms with Crippen molar-refractivity contribution in [2.75, 3.05) is 0 Å². The van der Waals surface area contributed by atoms with Crippen LogP contribution in [-0.4, -0.2) is 15.0 Å². The highest BCUT2D eigenvalue weighted by Gasteiger charge is 2.29. The largest absolute Gasteiger partial charge is 0.455 e. The summed E-state index contributed by atoms with van der Waals surface area (Å²) in [5, 5.41) is 7.08. The van der Waals surface area contributed by atoms with Crippen molar-refractivity contribution < 1.29 is 4.42 Å².